The van der Waals surface area contributed by atoms with Gasteiger partial charge in [0.25, 0.3) is 0 Å². The van der Waals surface area contributed by atoms with E-state index in [0.717, 1.165) is 11.3 Å². The Balaban J connectivity index is 1.74. The highest BCUT2D eigenvalue weighted by molar-refractivity contribution is 7.89. The number of methoxy groups -OCH3 is 1. The second-order valence-corrected chi connectivity index (χ2v) is 8.57. The minimum Gasteiger partial charge on any atom is -0.496 e. The van der Waals surface area contributed by atoms with Crippen LogP contribution in [0.1, 0.15) is 22.8 Å². The van der Waals surface area contributed by atoms with Crippen LogP contribution in [0.3, 0.4) is 0 Å². The predicted octanol–water partition coefficient (Wildman–Crippen LogP) is 2.72. The third kappa shape index (κ3) is 3.99. The molecule has 0 aromatic heterocycles. The number of ketones is 1. The molecule has 27 heavy (non-hydrogen) atoms. The number of hydrogen-bond donors (Lipinski definition) is 0. The Morgan fingerprint density at radius 1 is 1.04 bits per heavy atom. The van der Waals surface area contributed by atoms with Crippen molar-refractivity contribution in [3.05, 3.63) is 53.6 Å². The van der Waals surface area contributed by atoms with E-state index in [0.29, 0.717) is 37.5 Å². The first-order valence-electron chi connectivity index (χ1n) is 8.83. The molecule has 0 spiro atoms. The topological polar surface area (TPSA) is 66.9 Å². The van der Waals surface area contributed by atoms with Gasteiger partial charge in [0.2, 0.25) is 10.0 Å². The summed E-state index contributed by atoms with van der Waals surface area (Å²) in [6, 6.07) is 12.4. The van der Waals surface area contributed by atoms with E-state index in [1.165, 1.54) is 4.31 Å². The van der Waals surface area contributed by atoms with Gasteiger partial charge >= 0.3 is 0 Å². The smallest absolute Gasteiger partial charge is 0.243 e. The Kier molecular flexibility index (Phi) is 5.53. The molecule has 0 bridgehead atoms. The zero-order valence-electron chi connectivity index (χ0n) is 15.8. The maximum absolute atomic E-state index is 12.9. The van der Waals surface area contributed by atoms with E-state index in [1.54, 1.807) is 38.3 Å². The third-order valence-corrected chi connectivity index (χ3v) is 6.76. The summed E-state index contributed by atoms with van der Waals surface area (Å²) < 4.78 is 32.6. The van der Waals surface area contributed by atoms with Crippen molar-refractivity contribution in [3.63, 3.8) is 0 Å². The molecule has 0 radical (unpaired) electrons. The predicted molar refractivity (Wildman–Crippen MR) is 105 cm³/mol. The van der Waals surface area contributed by atoms with Gasteiger partial charge in [-0.25, -0.2) is 8.42 Å². The first-order valence-corrected chi connectivity index (χ1v) is 10.3. The number of sulfonamides is 1. The molecule has 1 saturated heterocycles. The standard InChI is InChI=1S/C20H24N2O4S/c1-15-13-19(7-8-20(15)26-3)27(24,25)22-11-9-21(10-12-22)18-6-4-5-17(14-18)16(2)23/h4-8,13-14H,9-12H2,1-3H3. The quantitative estimate of drug-likeness (QED) is 0.737. The van der Waals surface area contributed by atoms with Crippen LogP contribution in [0.15, 0.2) is 47.4 Å². The number of piperazine rings is 1. The zero-order chi connectivity index (χ0) is 19.6. The fourth-order valence-electron chi connectivity index (χ4n) is 3.27. The van der Waals surface area contributed by atoms with E-state index in [4.69, 9.17) is 4.74 Å². The highest BCUT2D eigenvalue weighted by atomic mass is 32.2. The summed E-state index contributed by atoms with van der Waals surface area (Å²) in [5.41, 5.74) is 2.40. The number of Topliss-reactive ketones (excluding diaryl/α,β-unsaturated/α-hetero) is 1. The van der Waals surface area contributed by atoms with E-state index in [-0.39, 0.29) is 10.7 Å². The molecule has 0 N–H and O–H groups in total. The molecule has 0 saturated carbocycles. The Bertz CT molecular complexity index is 948. The maximum atomic E-state index is 12.9. The van der Waals surface area contributed by atoms with Gasteiger partial charge in [-0.05, 0) is 49.7 Å². The van der Waals surface area contributed by atoms with Gasteiger partial charge in [-0.3, -0.25) is 4.79 Å². The number of carbonyl (C=O) groups excluding carboxylic acids is 1. The minimum atomic E-state index is -3.54. The van der Waals surface area contributed by atoms with E-state index < -0.39 is 10.0 Å². The summed E-state index contributed by atoms with van der Waals surface area (Å²) >= 11 is 0. The summed E-state index contributed by atoms with van der Waals surface area (Å²) in [5, 5.41) is 0. The molecular formula is C20H24N2O4S. The Labute approximate surface area is 160 Å². The monoisotopic (exact) mass is 388 g/mol. The molecule has 0 amide bonds. The van der Waals surface area contributed by atoms with Gasteiger partial charge in [0, 0.05) is 37.4 Å². The van der Waals surface area contributed by atoms with Crippen molar-refractivity contribution in [2.24, 2.45) is 0 Å². The highest BCUT2D eigenvalue weighted by Crippen LogP contribution is 2.25. The van der Waals surface area contributed by atoms with Crippen molar-refractivity contribution < 1.29 is 17.9 Å². The molecule has 6 nitrogen and oxygen atoms in total. The largest absolute Gasteiger partial charge is 0.496 e. The van der Waals surface area contributed by atoms with Crippen LogP contribution in [-0.4, -0.2) is 51.8 Å². The van der Waals surface area contributed by atoms with Crippen molar-refractivity contribution in [3.8, 4) is 5.75 Å². The normalized spacial score (nSPS) is 15.6. The van der Waals surface area contributed by atoms with Gasteiger partial charge in [-0.1, -0.05) is 12.1 Å². The minimum absolute atomic E-state index is 0.0212. The summed E-state index contributed by atoms with van der Waals surface area (Å²) in [6.45, 7) is 5.33. The van der Waals surface area contributed by atoms with Crippen molar-refractivity contribution in [1.82, 2.24) is 4.31 Å². The van der Waals surface area contributed by atoms with Gasteiger partial charge in [0.05, 0.1) is 12.0 Å². The molecule has 0 atom stereocenters. The fourth-order valence-corrected chi connectivity index (χ4v) is 4.78. The average molecular weight is 388 g/mol. The summed E-state index contributed by atoms with van der Waals surface area (Å²) in [7, 11) is -1.97. The lowest BCUT2D eigenvalue weighted by Crippen LogP contribution is -2.48. The van der Waals surface area contributed by atoms with Crippen LogP contribution in [0.25, 0.3) is 0 Å². The van der Waals surface area contributed by atoms with Gasteiger partial charge < -0.3 is 9.64 Å². The van der Waals surface area contributed by atoms with E-state index in [9.17, 15) is 13.2 Å². The van der Waals surface area contributed by atoms with Gasteiger partial charge in [0.15, 0.2) is 5.78 Å². The van der Waals surface area contributed by atoms with Crippen LogP contribution < -0.4 is 9.64 Å². The number of anilines is 1. The molecule has 2 aromatic carbocycles. The Morgan fingerprint density at radius 3 is 2.33 bits per heavy atom. The molecule has 1 fully saturated rings. The van der Waals surface area contributed by atoms with Crippen molar-refractivity contribution >= 4 is 21.5 Å². The van der Waals surface area contributed by atoms with Gasteiger partial charge in [-0.2, -0.15) is 4.31 Å². The van der Waals surface area contributed by atoms with Crippen LogP contribution in [0.5, 0.6) is 5.75 Å². The van der Waals surface area contributed by atoms with Crippen molar-refractivity contribution in [1.29, 1.82) is 0 Å². The maximum Gasteiger partial charge on any atom is 0.243 e. The average Bonchev–Trinajstić information content (AvgIpc) is 2.68. The number of benzene rings is 2. The number of ether oxygens (including phenoxy) is 1. The molecule has 144 valence electrons. The summed E-state index contributed by atoms with van der Waals surface area (Å²) in [5.74, 6) is 0.692. The molecule has 2 aromatic rings. The van der Waals surface area contributed by atoms with Crippen LogP contribution >= 0.6 is 0 Å². The molecule has 1 aliphatic rings. The first-order chi connectivity index (χ1) is 12.8. The highest BCUT2D eigenvalue weighted by Gasteiger charge is 2.29. The van der Waals surface area contributed by atoms with Crippen LogP contribution in [0.2, 0.25) is 0 Å². The summed E-state index contributed by atoms with van der Waals surface area (Å²) in [6.07, 6.45) is 0. The molecule has 0 unspecified atom stereocenters. The van der Waals surface area contributed by atoms with Crippen molar-refractivity contribution in [2.45, 2.75) is 18.7 Å². The molecule has 7 heteroatoms. The van der Waals surface area contributed by atoms with Gasteiger partial charge in [-0.15, -0.1) is 0 Å². The second-order valence-electron chi connectivity index (χ2n) is 6.63. The third-order valence-electron chi connectivity index (χ3n) is 4.86. The Hall–Kier alpha value is -2.38. The zero-order valence-corrected chi connectivity index (χ0v) is 16.6. The van der Waals surface area contributed by atoms with E-state index >= 15 is 0 Å². The molecular weight excluding hydrogens is 364 g/mol. The van der Waals surface area contributed by atoms with E-state index in [1.807, 2.05) is 25.1 Å². The van der Waals surface area contributed by atoms with Crippen LogP contribution in [0.4, 0.5) is 5.69 Å². The molecule has 0 aliphatic carbocycles. The number of carbonyl (C=O) groups is 1. The van der Waals surface area contributed by atoms with Crippen LogP contribution in [-0.2, 0) is 10.0 Å². The van der Waals surface area contributed by atoms with Gasteiger partial charge in [0.1, 0.15) is 5.75 Å². The van der Waals surface area contributed by atoms with Crippen LogP contribution in [0, 0.1) is 6.92 Å². The number of nitrogens with zero attached hydrogens (tertiary/aromatic N) is 2. The summed E-state index contributed by atoms with van der Waals surface area (Å²) in [4.78, 5) is 14.0. The molecule has 3 rings (SSSR count). The number of hydrogen-bond acceptors (Lipinski definition) is 5. The van der Waals surface area contributed by atoms with E-state index in [2.05, 4.69) is 4.90 Å². The second kappa shape index (κ2) is 7.70. The lowest BCUT2D eigenvalue weighted by Gasteiger charge is -2.35. The first kappa shape index (κ1) is 19.4. The molecule has 1 aliphatic heterocycles. The SMILES string of the molecule is COc1ccc(S(=O)(=O)N2CCN(c3cccc(C(C)=O)c3)CC2)cc1C. The number of aryl methyl sites for hydroxylation is 1. The lowest BCUT2D eigenvalue weighted by molar-refractivity contribution is 0.101. The lowest BCUT2D eigenvalue weighted by atomic mass is 10.1. The van der Waals surface area contributed by atoms with Crippen molar-refractivity contribution in [2.75, 3.05) is 38.2 Å². The number of rotatable bonds is 5. The molecule has 1 heterocycles. The Morgan fingerprint density at radius 2 is 1.74 bits per heavy atom. The fraction of sp³-hybridized carbons (Fsp3) is 0.350.